The summed E-state index contributed by atoms with van der Waals surface area (Å²) in [6.45, 7) is 0.478. The molecule has 0 saturated carbocycles. The number of carboxylic acids is 1. The first-order valence-corrected chi connectivity index (χ1v) is 3.90. The lowest BCUT2D eigenvalue weighted by molar-refractivity contribution is 0.0694. The molecular weight excluding hydrogens is 250 g/mol. The van der Waals surface area contributed by atoms with Gasteiger partial charge in [0.05, 0.1) is 0 Å². The van der Waals surface area contributed by atoms with Gasteiger partial charge in [-0.25, -0.2) is 4.79 Å². The topological polar surface area (TPSA) is 83.6 Å². The third-order valence-electron chi connectivity index (χ3n) is 1.73. The predicted octanol–water partition coefficient (Wildman–Crippen LogP) is 1.17. The highest BCUT2D eigenvalue weighted by Crippen LogP contribution is 2.18. The maximum absolute atomic E-state index is 10.5. The molecule has 14 heavy (non-hydrogen) atoms. The predicted molar refractivity (Wildman–Crippen MR) is 58.1 cm³/mol. The number of hydrogen-bond donors (Lipinski definition) is 3. The Bertz CT molecular complexity index is 328. The van der Waals surface area contributed by atoms with Crippen molar-refractivity contribution in [2.75, 3.05) is 6.54 Å². The molecule has 1 aromatic carbocycles. The van der Waals surface area contributed by atoms with Crippen LogP contribution in [0.5, 0.6) is 5.75 Å². The summed E-state index contributed by atoms with van der Waals surface area (Å²) in [6, 6.07) is 4.45. The molecule has 0 aromatic heterocycles. The number of phenols is 1. The second kappa shape index (κ2) is 5.62. The van der Waals surface area contributed by atoms with Crippen LogP contribution in [0.25, 0.3) is 0 Å². The Morgan fingerprint density at radius 1 is 1.43 bits per heavy atom. The highest BCUT2D eigenvalue weighted by atomic mass is 79.9. The minimum Gasteiger partial charge on any atom is -0.507 e. The Morgan fingerprint density at radius 3 is 2.50 bits per heavy atom. The molecule has 0 amide bonds. The molecule has 5 heteroatoms. The molecule has 4 nitrogen and oxygen atoms in total. The van der Waals surface area contributed by atoms with Crippen LogP contribution in [0.4, 0.5) is 0 Å². The lowest BCUT2D eigenvalue weighted by Gasteiger charge is -2.02. The second-order valence-electron chi connectivity index (χ2n) is 2.70. The highest BCUT2D eigenvalue weighted by molar-refractivity contribution is 8.93. The van der Waals surface area contributed by atoms with E-state index in [4.69, 9.17) is 10.8 Å². The highest BCUT2D eigenvalue weighted by Gasteiger charge is 2.08. The van der Waals surface area contributed by atoms with Crippen molar-refractivity contribution in [1.29, 1.82) is 0 Å². The van der Waals surface area contributed by atoms with E-state index in [-0.39, 0.29) is 28.3 Å². The average Bonchev–Trinajstić information content (AvgIpc) is 2.04. The summed E-state index contributed by atoms with van der Waals surface area (Å²) >= 11 is 0. The van der Waals surface area contributed by atoms with Crippen LogP contribution in [0, 0.1) is 0 Å². The van der Waals surface area contributed by atoms with Crippen LogP contribution in [0.15, 0.2) is 18.2 Å². The van der Waals surface area contributed by atoms with E-state index in [2.05, 4.69) is 0 Å². The van der Waals surface area contributed by atoms with E-state index in [9.17, 15) is 9.90 Å². The van der Waals surface area contributed by atoms with Crippen molar-refractivity contribution in [3.8, 4) is 5.75 Å². The van der Waals surface area contributed by atoms with Crippen LogP contribution in [0.3, 0.4) is 0 Å². The van der Waals surface area contributed by atoms with Gasteiger partial charge in [0.1, 0.15) is 11.3 Å². The molecule has 0 heterocycles. The largest absolute Gasteiger partial charge is 0.507 e. The van der Waals surface area contributed by atoms with Crippen LogP contribution in [-0.4, -0.2) is 22.7 Å². The van der Waals surface area contributed by atoms with Crippen LogP contribution in [0.2, 0.25) is 0 Å². The smallest absolute Gasteiger partial charge is 0.339 e. The molecule has 0 spiro atoms. The number of carboxylic acid groups (broad SMARTS) is 1. The van der Waals surface area contributed by atoms with Gasteiger partial charge in [0.15, 0.2) is 0 Å². The molecule has 4 N–H and O–H groups in total. The number of nitrogens with two attached hydrogens (primary N) is 1. The molecule has 0 aliphatic heterocycles. The summed E-state index contributed by atoms with van der Waals surface area (Å²) in [5, 5.41) is 17.9. The van der Waals surface area contributed by atoms with Gasteiger partial charge in [-0.1, -0.05) is 6.07 Å². The molecule has 0 bridgehead atoms. The Balaban J connectivity index is 0.00000169. The first kappa shape index (κ1) is 12.9. The molecule has 0 radical (unpaired) electrons. The standard InChI is InChI=1S/C9H11NO3.BrH/c10-4-3-6-1-2-7(9(12)13)8(11)5-6;/h1-2,5,11H,3-4,10H2,(H,12,13);1H. The number of aromatic carboxylic acids is 1. The fourth-order valence-corrected chi connectivity index (χ4v) is 1.08. The normalized spacial score (nSPS) is 9.21. The first-order valence-electron chi connectivity index (χ1n) is 3.90. The zero-order valence-electron chi connectivity index (χ0n) is 7.43. The van der Waals surface area contributed by atoms with Gasteiger partial charge in [0.25, 0.3) is 0 Å². The number of benzene rings is 1. The number of halogens is 1. The summed E-state index contributed by atoms with van der Waals surface area (Å²) in [5.74, 6) is -1.34. The van der Waals surface area contributed by atoms with Crippen LogP contribution in [-0.2, 0) is 6.42 Å². The van der Waals surface area contributed by atoms with Gasteiger partial charge in [-0.15, -0.1) is 17.0 Å². The van der Waals surface area contributed by atoms with Crippen molar-refractivity contribution >= 4 is 23.0 Å². The summed E-state index contributed by atoms with van der Waals surface area (Å²) < 4.78 is 0. The number of aromatic hydroxyl groups is 1. The fraction of sp³-hybridized carbons (Fsp3) is 0.222. The molecule has 1 rings (SSSR count). The number of carbonyl (C=O) groups is 1. The first-order chi connectivity index (χ1) is 6.15. The van der Waals surface area contributed by atoms with Crippen molar-refractivity contribution in [2.24, 2.45) is 5.73 Å². The molecule has 1 aromatic rings. The van der Waals surface area contributed by atoms with E-state index in [0.717, 1.165) is 5.56 Å². The van der Waals surface area contributed by atoms with Gasteiger partial charge < -0.3 is 15.9 Å². The number of rotatable bonds is 3. The molecule has 0 fully saturated rings. The van der Waals surface area contributed by atoms with Gasteiger partial charge >= 0.3 is 5.97 Å². The van der Waals surface area contributed by atoms with Gasteiger partial charge in [-0.3, -0.25) is 0 Å². The Morgan fingerprint density at radius 2 is 2.07 bits per heavy atom. The Hall–Kier alpha value is -1.07. The fourth-order valence-electron chi connectivity index (χ4n) is 1.08. The van der Waals surface area contributed by atoms with Crippen LogP contribution < -0.4 is 5.73 Å². The van der Waals surface area contributed by atoms with E-state index >= 15 is 0 Å². The monoisotopic (exact) mass is 261 g/mol. The van der Waals surface area contributed by atoms with E-state index in [1.54, 1.807) is 6.07 Å². The van der Waals surface area contributed by atoms with Crippen molar-refractivity contribution in [1.82, 2.24) is 0 Å². The molecule has 0 aliphatic carbocycles. The number of hydrogen-bond acceptors (Lipinski definition) is 3. The lowest BCUT2D eigenvalue weighted by Crippen LogP contribution is -2.03. The van der Waals surface area contributed by atoms with Gasteiger partial charge in [0, 0.05) is 0 Å². The molecule has 0 atom stereocenters. The minimum atomic E-state index is -1.13. The van der Waals surface area contributed by atoms with Gasteiger partial charge in [-0.2, -0.15) is 0 Å². The van der Waals surface area contributed by atoms with Gasteiger partial charge in [0.2, 0.25) is 0 Å². The van der Waals surface area contributed by atoms with E-state index < -0.39 is 5.97 Å². The maximum atomic E-state index is 10.5. The zero-order chi connectivity index (χ0) is 9.84. The minimum absolute atomic E-state index is 0. The molecular formula is C9H12BrNO3. The SMILES string of the molecule is Br.NCCc1ccc(C(=O)O)c(O)c1. The quantitative estimate of drug-likeness (QED) is 0.763. The third-order valence-corrected chi connectivity index (χ3v) is 1.73. The van der Waals surface area contributed by atoms with Crippen molar-refractivity contribution < 1.29 is 15.0 Å². The van der Waals surface area contributed by atoms with Crippen LogP contribution in [0.1, 0.15) is 15.9 Å². The zero-order valence-corrected chi connectivity index (χ0v) is 9.15. The second-order valence-corrected chi connectivity index (χ2v) is 2.70. The maximum Gasteiger partial charge on any atom is 0.339 e. The van der Waals surface area contributed by atoms with E-state index in [0.29, 0.717) is 13.0 Å². The third kappa shape index (κ3) is 3.01. The Kier molecular flexibility index (Phi) is 5.19. The summed E-state index contributed by atoms with van der Waals surface area (Å²) in [7, 11) is 0. The molecule has 0 saturated heterocycles. The van der Waals surface area contributed by atoms with E-state index in [1.165, 1.54) is 12.1 Å². The average molecular weight is 262 g/mol. The lowest BCUT2D eigenvalue weighted by atomic mass is 10.1. The summed E-state index contributed by atoms with van der Waals surface area (Å²) in [4.78, 5) is 10.5. The van der Waals surface area contributed by atoms with Crippen LogP contribution >= 0.6 is 17.0 Å². The molecule has 78 valence electrons. The molecule has 0 unspecified atom stereocenters. The molecule has 0 aliphatic rings. The van der Waals surface area contributed by atoms with Crippen molar-refractivity contribution in [3.63, 3.8) is 0 Å². The van der Waals surface area contributed by atoms with Crippen molar-refractivity contribution in [2.45, 2.75) is 6.42 Å². The Labute approximate surface area is 92.1 Å². The summed E-state index contributed by atoms with van der Waals surface area (Å²) in [6.07, 6.45) is 0.632. The van der Waals surface area contributed by atoms with E-state index in [1.807, 2.05) is 0 Å². The summed E-state index contributed by atoms with van der Waals surface area (Å²) in [5.41, 5.74) is 6.07. The van der Waals surface area contributed by atoms with Gasteiger partial charge in [-0.05, 0) is 30.7 Å². The van der Waals surface area contributed by atoms with Crippen molar-refractivity contribution in [3.05, 3.63) is 29.3 Å².